The van der Waals surface area contributed by atoms with Crippen LogP contribution in [0.4, 0.5) is 11.4 Å². The van der Waals surface area contributed by atoms with Crippen LogP contribution >= 0.6 is 0 Å². The summed E-state index contributed by atoms with van der Waals surface area (Å²) in [4.78, 5) is 4.53. The first kappa shape index (κ1) is 19.5. The third-order valence-corrected chi connectivity index (χ3v) is 5.58. The van der Waals surface area contributed by atoms with Crippen LogP contribution in [0.25, 0.3) is 33.2 Å². The molecule has 1 N–H and O–H groups in total. The van der Waals surface area contributed by atoms with Crippen LogP contribution in [0, 0.1) is 11.3 Å². The number of nitriles is 1. The highest BCUT2D eigenvalue weighted by molar-refractivity contribution is 5.95. The van der Waals surface area contributed by atoms with Crippen LogP contribution in [-0.2, 0) is 6.42 Å². The fourth-order valence-corrected chi connectivity index (χ4v) is 3.87. The summed E-state index contributed by atoms with van der Waals surface area (Å²) in [6.07, 6.45) is 2.24. The average molecular weight is 412 g/mol. The standard InChI is InChI=1S/C29H21N3/c30-18-16-21-6-13-26(14-7-21)32-29-17-19-31-28-15-12-25(20-27(28)29)24-10-8-23(9-11-24)22-4-2-1-3-5-22/h1-15,17,19-20H,16H2,(H,31,32). The van der Waals surface area contributed by atoms with Gasteiger partial charge in [0.1, 0.15) is 0 Å². The molecule has 0 atom stereocenters. The lowest BCUT2D eigenvalue weighted by Crippen LogP contribution is -1.93. The fourth-order valence-electron chi connectivity index (χ4n) is 3.87. The van der Waals surface area contributed by atoms with E-state index in [0.717, 1.165) is 33.4 Å². The van der Waals surface area contributed by atoms with Gasteiger partial charge in [0.05, 0.1) is 18.0 Å². The lowest BCUT2D eigenvalue weighted by atomic mass is 9.99. The molecule has 3 heteroatoms. The molecule has 152 valence electrons. The number of benzene rings is 4. The summed E-state index contributed by atoms with van der Waals surface area (Å²) in [7, 11) is 0. The zero-order valence-electron chi connectivity index (χ0n) is 17.5. The Balaban J connectivity index is 1.46. The van der Waals surface area contributed by atoms with Crippen LogP contribution < -0.4 is 5.32 Å². The van der Waals surface area contributed by atoms with Gasteiger partial charge in [0, 0.05) is 23.0 Å². The van der Waals surface area contributed by atoms with Crippen molar-refractivity contribution in [2.75, 3.05) is 5.32 Å². The van der Waals surface area contributed by atoms with Crippen molar-refractivity contribution in [1.29, 1.82) is 5.26 Å². The van der Waals surface area contributed by atoms with Crippen molar-refractivity contribution in [3.63, 3.8) is 0 Å². The number of nitrogens with zero attached hydrogens (tertiary/aromatic N) is 2. The number of nitrogens with one attached hydrogen (secondary N) is 1. The molecule has 0 saturated heterocycles. The fraction of sp³-hybridized carbons (Fsp3) is 0.0345. The molecule has 0 radical (unpaired) electrons. The van der Waals surface area contributed by atoms with Crippen molar-refractivity contribution >= 4 is 22.3 Å². The monoisotopic (exact) mass is 411 g/mol. The van der Waals surface area contributed by atoms with Crippen molar-refractivity contribution in [2.45, 2.75) is 6.42 Å². The Bertz CT molecular complexity index is 1400. The summed E-state index contributed by atoms with van der Waals surface area (Å²) in [5.41, 5.74) is 8.69. The third kappa shape index (κ3) is 4.08. The van der Waals surface area contributed by atoms with Gasteiger partial charge < -0.3 is 5.32 Å². The molecule has 0 unspecified atom stereocenters. The molecule has 5 rings (SSSR count). The van der Waals surface area contributed by atoms with E-state index in [1.165, 1.54) is 16.7 Å². The molecule has 3 nitrogen and oxygen atoms in total. The SMILES string of the molecule is N#CCc1ccc(Nc2ccnc3ccc(-c4ccc(-c5ccccc5)cc4)cc23)cc1. The molecule has 0 fully saturated rings. The quantitative estimate of drug-likeness (QED) is 0.328. The summed E-state index contributed by atoms with van der Waals surface area (Å²) >= 11 is 0. The van der Waals surface area contributed by atoms with Crippen LogP contribution in [0.1, 0.15) is 5.56 Å². The molecule has 1 heterocycles. The highest BCUT2D eigenvalue weighted by Gasteiger charge is 2.07. The molecule has 0 amide bonds. The van der Waals surface area contributed by atoms with Gasteiger partial charge in [-0.3, -0.25) is 4.98 Å². The first-order valence-electron chi connectivity index (χ1n) is 10.6. The maximum Gasteiger partial charge on any atom is 0.0723 e. The maximum absolute atomic E-state index is 8.86. The molecule has 0 bridgehead atoms. The normalized spacial score (nSPS) is 10.6. The lowest BCUT2D eigenvalue weighted by Gasteiger charge is -2.12. The minimum atomic E-state index is 0.422. The molecule has 1 aromatic heterocycles. The van der Waals surface area contributed by atoms with Gasteiger partial charge >= 0.3 is 0 Å². The highest BCUT2D eigenvalue weighted by atomic mass is 14.9. The van der Waals surface area contributed by atoms with Gasteiger partial charge in [-0.1, -0.05) is 72.8 Å². The van der Waals surface area contributed by atoms with Gasteiger partial charge in [0.15, 0.2) is 0 Å². The first-order valence-corrected chi connectivity index (χ1v) is 10.6. The molecular formula is C29H21N3. The summed E-state index contributed by atoms with van der Waals surface area (Å²) in [5, 5.41) is 13.4. The van der Waals surface area contributed by atoms with Gasteiger partial charge in [-0.05, 0) is 58.1 Å². The van der Waals surface area contributed by atoms with Gasteiger partial charge in [-0.2, -0.15) is 5.26 Å². The number of anilines is 2. The van der Waals surface area contributed by atoms with E-state index < -0.39 is 0 Å². The predicted molar refractivity (Wildman–Crippen MR) is 132 cm³/mol. The van der Waals surface area contributed by atoms with E-state index in [1.807, 2.05) is 42.6 Å². The van der Waals surface area contributed by atoms with Crippen LogP contribution in [0.2, 0.25) is 0 Å². The summed E-state index contributed by atoms with van der Waals surface area (Å²) in [6, 6.07) is 37.6. The number of fused-ring (bicyclic) bond motifs is 1. The summed E-state index contributed by atoms with van der Waals surface area (Å²) in [5.74, 6) is 0. The molecule has 0 aliphatic carbocycles. The summed E-state index contributed by atoms with van der Waals surface area (Å²) in [6.45, 7) is 0. The van der Waals surface area contributed by atoms with Gasteiger partial charge in [-0.25, -0.2) is 0 Å². The van der Waals surface area contributed by atoms with E-state index in [9.17, 15) is 0 Å². The van der Waals surface area contributed by atoms with Gasteiger partial charge in [0.2, 0.25) is 0 Å². The third-order valence-electron chi connectivity index (χ3n) is 5.58. The first-order chi connectivity index (χ1) is 15.8. The molecule has 5 aromatic rings. The number of aromatic nitrogens is 1. The average Bonchev–Trinajstić information content (AvgIpc) is 2.86. The minimum absolute atomic E-state index is 0.422. The van der Waals surface area contributed by atoms with Gasteiger partial charge in [0.25, 0.3) is 0 Å². The Morgan fingerprint density at radius 1 is 0.688 bits per heavy atom. The summed E-state index contributed by atoms with van der Waals surface area (Å²) < 4.78 is 0. The second kappa shape index (κ2) is 8.75. The number of hydrogen-bond acceptors (Lipinski definition) is 3. The minimum Gasteiger partial charge on any atom is -0.355 e. The van der Waals surface area contributed by atoms with Crippen LogP contribution in [-0.4, -0.2) is 4.98 Å². The number of pyridine rings is 1. The second-order valence-corrected chi connectivity index (χ2v) is 7.69. The molecule has 0 aliphatic rings. The van der Waals surface area contributed by atoms with Crippen molar-refractivity contribution in [1.82, 2.24) is 4.98 Å². The van der Waals surface area contributed by atoms with Crippen molar-refractivity contribution < 1.29 is 0 Å². The molecular weight excluding hydrogens is 390 g/mol. The second-order valence-electron chi connectivity index (χ2n) is 7.69. The maximum atomic E-state index is 8.86. The van der Waals surface area contributed by atoms with E-state index in [4.69, 9.17) is 5.26 Å². The zero-order chi connectivity index (χ0) is 21.8. The molecule has 4 aromatic carbocycles. The van der Waals surface area contributed by atoms with E-state index in [1.54, 1.807) is 0 Å². The van der Waals surface area contributed by atoms with E-state index in [2.05, 4.69) is 83.1 Å². The van der Waals surface area contributed by atoms with Crippen molar-refractivity contribution in [3.05, 3.63) is 115 Å². The Hall–Kier alpha value is -4.42. The highest BCUT2D eigenvalue weighted by Crippen LogP contribution is 2.31. The molecule has 0 saturated carbocycles. The van der Waals surface area contributed by atoms with E-state index in [0.29, 0.717) is 6.42 Å². The lowest BCUT2D eigenvalue weighted by molar-refractivity contribution is 1.26. The van der Waals surface area contributed by atoms with Crippen molar-refractivity contribution in [3.8, 4) is 28.3 Å². The Morgan fingerprint density at radius 3 is 2.06 bits per heavy atom. The number of hydrogen-bond donors (Lipinski definition) is 1. The van der Waals surface area contributed by atoms with Crippen LogP contribution in [0.15, 0.2) is 109 Å². The molecule has 32 heavy (non-hydrogen) atoms. The zero-order valence-corrected chi connectivity index (χ0v) is 17.5. The van der Waals surface area contributed by atoms with Crippen molar-refractivity contribution in [2.24, 2.45) is 0 Å². The van der Waals surface area contributed by atoms with Gasteiger partial charge in [-0.15, -0.1) is 0 Å². The number of rotatable bonds is 5. The van der Waals surface area contributed by atoms with Crippen LogP contribution in [0.3, 0.4) is 0 Å². The smallest absolute Gasteiger partial charge is 0.0723 e. The Labute approximate surface area is 187 Å². The van der Waals surface area contributed by atoms with Crippen LogP contribution in [0.5, 0.6) is 0 Å². The largest absolute Gasteiger partial charge is 0.355 e. The van der Waals surface area contributed by atoms with E-state index in [-0.39, 0.29) is 0 Å². The predicted octanol–water partition coefficient (Wildman–Crippen LogP) is 7.38. The Kier molecular flexibility index (Phi) is 5.34. The molecule has 0 aliphatic heterocycles. The molecule has 0 spiro atoms. The van der Waals surface area contributed by atoms with E-state index >= 15 is 0 Å². The topological polar surface area (TPSA) is 48.7 Å². The Morgan fingerprint density at radius 2 is 1.34 bits per heavy atom.